The average molecular weight is 382 g/mol. The van der Waals surface area contributed by atoms with Gasteiger partial charge in [-0.1, -0.05) is 6.92 Å². The first-order valence-electron chi connectivity index (χ1n) is 9.79. The Balaban J connectivity index is 1.40. The smallest absolute Gasteiger partial charge is 0.281 e. The van der Waals surface area contributed by atoms with Crippen LogP contribution in [0, 0.1) is 11.7 Å². The van der Waals surface area contributed by atoms with E-state index in [4.69, 9.17) is 0 Å². The normalized spacial score (nSPS) is 22.2. The Morgan fingerprint density at radius 1 is 1.15 bits per heavy atom. The minimum absolute atomic E-state index is 0.179. The van der Waals surface area contributed by atoms with E-state index in [0.717, 1.165) is 49.9 Å². The van der Waals surface area contributed by atoms with Gasteiger partial charge in [-0.15, -0.1) is 0 Å². The van der Waals surface area contributed by atoms with Crippen LogP contribution in [0.5, 0.6) is 0 Å². The van der Waals surface area contributed by atoms with Gasteiger partial charge in [0.1, 0.15) is 5.82 Å². The summed E-state index contributed by atoms with van der Waals surface area (Å²) in [6.45, 7) is 5.18. The molecule has 1 aliphatic carbocycles. The van der Waals surface area contributed by atoms with Crippen molar-refractivity contribution in [2.45, 2.75) is 45.1 Å². The van der Waals surface area contributed by atoms with Gasteiger partial charge in [-0.3, -0.25) is 0 Å². The molecule has 0 spiro atoms. The summed E-state index contributed by atoms with van der Waals surface area (Å²) in [6.07, 6.45) is 4.84. The first-order valence-corrected chi connectivity index (χ1v) is 11.2. The molecule has 0 N–H and O–H groups in total. The lowest BCUT2D eigenvalue weighted by molar-refractivity contribution is 0.281. The van der Waals surface area contributed by atoms with Gasteiger partial charge in [0.25, 0.3) is 10.2 Å². The minimum Gasteiger partial charge on any atom is -0.368 e. The molecule has 2 fully saturated rings. The van der Waals surface area contributed by atoms with Crippen molar-refractivity contribution in [3.05, 3.63) is 29.6 Å². The largest absolute Gasteiger partial charge is 0.368 e. The highest BCUT2D eigenvalue weighted by Gasteiger charge is 2.37. The molecule has 1 saturated heterocycles. The fourth-order valence-corrected chi connectivity index (χ4v) is 6.02. The van der Waals surface area contributed by atoms with Gasteiger partial charge >= 0.3 is 0 Å². The predicted molar refractivity (Wildman–Crippen MR) is 101 cm³/mol. The molecule has 2 aliphatic heterocycles. The van der Waals surface area contributed by atoms with E-state index >= 15 is 0 Å². The molecule has 1 saturated carbocycles. The van der Waals surface area contributed by atoms with E-state index in [1.807, 2.05) is 13.0 Å². The highest BCUT2D eigenvalue weighted by molar-refractivity contribution is 7.86. The SMILES string of the molecule is CCN(CC1CC1)S(=O)(=O)N1CCC(N2CCc3cc(F)ccc32)CC1. The molecule has 0 aromatic heterocycles. The molecule has 144 valence electrons. The van der Waals surface area contributed by atoms with Gasteiger partial charge < -0.3 is 4.90 Å². The molecule has 7 heteroatoms. The molecule has 0 radical (unpaired) electrons. The summed E-state index contributed by atoms with van der Waals surface area (Å²) in [7, 11) is -3.34. The van der Waals surface area contributed by atoms with Gasteiger partial charge in [0.2, 0.25) is 0 Å². The number of rotatable bonds is 6. The molecule has 0 unspecified atom stereocenters. The number of hydrogen-bond acceptors (Lipinski definition) is 3. The maximum absolute atomic E-state index is 13.4. The van der Waals surface area contributed by atoms with E-state index in [1.165, 1.54) is 6.07 Å². The quantitative estimate of drug-likeness (QED) is 0.761. The Morgan fingerprint density at radius 3 is 2.54 bits per heavy atom. The maximum atomic E-state index is 13.4. The third kappa shape index (κ3) is 3.49. The number of hydrogen-bond donors (Lipinski definition) is 0. The van der Waals surface area contributed by atoms with E-state index in [1.54, 1.807) is 14.7 Å². The molecule has 2 heterocycles. The van der Waals surface area contributed by atoms with Crippen LogP contribution in [0.1, 0.15) is 38.2 Å². The zero-order valence-corrected chi connectivity index (χ0v) is 16.2. The van der Waals surface area contributed by atoms with Crippen LogP contribution in [0.4, 0.5) is 10.1 Å². The van der Waals surface area contributed by atoms with Crippen molar-refractivity contribution < 1.29 is 12.8 Å². The number of benzene rings is 1. The van der Waals surface area contributed by atoms with Crippen LogP contribution >= 0.6 is 0 Å². The average Bonchev–Trinajstić information content (AvgIpc) is 3.37. The highest BCUT2D eigenvalue weighted by Crippen LogP contribution is 2.34. The number of nitrogens with zero attached hydrogens (tertiary/aromatic N) is 3. The van der Waals surface area contributed by atoms with Crippen LogP contribution in [0.15, 0.2) is 18.2 Å². The Bertz CT molecular complexity index is 758. The van der Waals surface area contributed by atoms with Gasteiger partial charge in [-0.25, -0.2) is 4.39 Å². The molecule has 1 aromatic carbocycles. The van der Waals surface area contributed by atoms with Crippen molar-refractivity contribution in [1.82, 2.24) is 8.61 Å². The molecule has 26 heavy (non-hydrogen) atoms. The first-order chi connectivity index (χ1) is 12.5. The summed E-state index contributed by atoms with van der Waals surface area (Å²) in [5, 5.41) is 0. The molecule has 0 bridgehead atoms. The summed E-state index contributed by atoms with van der Waals surface area (Å²) >= 11 is 0. The summed E-state index contributed by atoms with van der Waals surface area (Å²) in [4.78, 5) is 2.35. The third-order valence-electron chi connectivity index (χ3n) is 6.00. The second-order valence-electron chi connectivity index (χ2n) is 7.75. The van der Waals surface area contributed by atoms with Crippen LogP contribution in [0.3, 0.4) is 0 Å². The van der Waals surface area contributed by atoms with E-state index in [2.05, 4.69) is 4.90 Å². The molecular formula is C19H28FN3O2S. The fourth-order valence-electron chi connectivity index (χ4n) is 4.30. The fraction of sp³-hybridized carbons (Fsp3) is 0.684. The van der Waals surface area contributed by atoms with Crippen molar-refractivity contribution in [2.75, 3.05) is 37.6 Å². The molecule has 4 rings (SSSR count). The Kier molecular flexibility index (Phi) is 4.96. The zero-order chi connectivity index (χ0) is 18.3. The Hall–Kier alpha value is -1.18. The molecule has 5 nitrogen and oxygen atoms in total. The van der Waals surface area contributed by atoms with Gasteiger partial charge in [-0.2, -0.15) is 17.0 Å². The van der Waals surface area contributed by atoms with Gasteiger partial charge in [0.15, 0.2) is 0 Å². The lowest BCUT2D eigenvalue weighted by Crippen LogP contribution is -2.51. The summed E-state index contributed by atoms with van der Waals surface area (Å²) < 4.78 is 42.6. The van der Waals surface area contributed by atoms with Gasteiger partial charge in [0, 0.05) is 44.5 Å². The lowest BCUT2D eigenvalue weighted by atomic mass is 10.0. The number of piperidine rings is 1. The van der Waals surface area contributed by atoms with Crippen LogP contribution in [0.25, 0.3) is 0 Å². The van der Waals surface area contributed by atoms with Crippen molar-refractivity contribution in [3.8, 4) is 0 Å². The molecule has 3 aliphatic rings. The molecule has 0 atom stereocenters. The van der Waals surface area contributed by atoms with Crippen LogP contribution < -0.4 is 4.90 Å². The van der Waals surface area contributed by atoms with Crippen LogP contribution in [-0.4, -0.2) is 55.8 Å². The van der Waals surface area contributed by atoms with E-state index in [0.29, 0.717) is 38.1 Å². The van der Waals surface area contributed by atoms with Crippen LogP contribution in [0.2, 0.25) is 0 Å². The predicted octanol–water partition coefficient (Wildman–Crippen LogP) is 2.63. The number of anilines is 1. The van der Waals surface area contributed by atoms with Crippen molar-refractivity contribution >= 4 is 15.9 Å². The summed E-state index contributed by atoms with van der Waals surface area (Å²) in [5.41, 5.74) is 2.19. The number of fused-ring (bicyclic) bond motifs is 1. The minimum atomic E-state index is -3.34. The van der Waals surface area contributed by atoms with E-state index in [9.17, 15) is 12.8 Å². The van der Waals surface area contributed by atoms with E-state index in [-0.39, 0.29) is 5.82 Å². The lowest BCUT2D eigenvalue weighted by Gasteiger charge is -2.39. The van der Waals surface area contributed by atoms with Gasteiger partial charge in [-0.05, 0) is 61.8 Å². The maximum Gasteiger partial charge on any atom is 0.281 e. The van der Waals surface area contributed by atoms with Gasteiger partial charge in [0.05, 0.1) is 0 Å². The number of halogens is 1. The second-order valence-corrected chi connectivity index (χ2v) is 9.68. The van der Waals surface area contributed by atoms with Crippen molar-refractivity contribution in [1.29, 1.82) is 0 Å². The molecular weight excluding hydrogens is 353 g/mol. The van der Waals surface area contributed by atoms with E-state index < -0.39 is 10.2 Å². The zero-order valence-electron chi connectivity index (χ0n) is 15.4. The van der Waals surface area contributed by atoms with Crippen LogP contribution in [-0.2, 0) is 16.6 Å². The first kappa shape index (κ1) is 18.2. The third-order valence-corrected chi connectivity index (χ3v) is 8.08. The summed E-state index contributed by atoms with van der Waals surface area (Å²) in [5.74, 6) is 0.380. The molecule has 0 amide bonds. The van der Waals surface area contributed by atoms with Crippen molar-refractivity contribution in [2.24, 2.45) is 5.92 Å². The highest BCUT2D eigenvalue weighted by atomic mass is 32.2. The monoisotopic (exact) mass is 381 g/mol. The standard InChI is InChI=1S/C19H28FN3O2S/c1-2-21(14-15-3-4-15)26(24,25)22-10-8-18(9-11-22)23-12-7-16-13-17(20)5-6-19(16)23/h5-6,13,15,18H,2-4,7-12,14H2,1H3. The molecule has 1 aromatic rings. The van der Waals surface area contributed by atoms with Crippen molar-refractivity contribution in [3.63, 3.8) is 0 Å². The Labute approximate surface area is 155 Å². The topological polar surface area (TPSA) is 43.9 Å². The second kappa shape index (κ2) is 7.09. The Morgan fingerprint density at radius 2 is 1.88 bits per heavy atom. The summed E-state index contributed by atoms with van der Waals surface area (Å²) in [6, 6.07) is 5.36.